The van der Waals surface area contributed by atoms with Crippen LogP contribution in [0.5, 0.6) is 5.75 Å². The van der Waals surface area contributed by atoms with Gasteiger partial charge >= 0.3 is 0 Å². The predicted octanol–water partition coefficient (Wildman–Crippen LogP) is 2.96. The molecule has 5 nitrogen and oxygen atoms in total. The highest BCUT2D eigenvalue weighted by Crippen LogP contribution is 2.33. The molecule has 1 aromatic rings. The first kappa shape index (κ1) is 12.6. The number of carbonyl (C=O) groups is 1. The molecule has 86 valence electrons. The summed E-state index contributed by atoms with van der Waals surface area (Å²) in [6, 6.07) is 2.86. The molecule has 16 heavy (non-hydrogen) atoms. The first-order chi connectivity index (χ1) is 7.47. The zero-order valence-corrected chi connectivity index (χ0v) is 10.4. The van der Waals surface area contributed by atoms with Gasteiger partial charge in [0.05, 0.1) is 21.6 Å². The van der Waals surface area contributed by atoms with Crippen molar-refractivity contribution in [1.29, 1.82) is 0 Å². The molecule has 1 rings (SSSR count). The summed E-state index contributed by atoms with van der Waals surface area (Å²) in [5, 5.41) is 10.8. The number of ether oxygens (including phenoxy) is 1. The Morgan fingerprint density at radius 3 is 2.62 bits per heavy atom. The number of hydrogen-bond donors (Lipinski definition) is 0. The van der Waals surface area contributed by atoms with Gasteiger partial charge in [-0.05, 0) is 35.8 Å². The van der Waals surface area contributed by atoms with E-state index in [0.29, 0.717) is 12.4 Å². The van der Waals surface area contributed by atoms with Crippen molar-refractivity contribution in [3.63, 3.8) is 0 Å². The van der Waals surface area contributed by atoms with Gasteiger partial charge in [0, 0.05) is 6.07 Å². The molecule has 0 N–H and O–H groups in total. The van der Waals surface area contributed by atoms with Crippen molar-refractivity contribution in [2.75, 3.05) is 6.61 Å². The van der Waals surface area contributed by atoms with E-state index in [9.17, 15) is 14.9 Å². The van der Waals surface area contributed by atoms with Gasteiger partial charge < -0.3 is 4.74 Å². The van der Waals surface area contributed by atoms with E-state index in [1.54, 1.807) is 6.92 Å². The van der Waals surface area contributed by atoms with Crippen molar-refractivity contribution in [2.24, 2.45) is 0 Å². The molecular weight excluding hydrogens is 278 g/mol. The van der Waals surface area contributed by atoms with Crippen LogP contribution in [-0.2, 0) is 0 Å². The molecule has 0 aliphatic carbocycles. The van der Waals surface area contributed by atoms with E-state index in [4.69, 9.17) is 4.74 Å². The van der Waals surface area contributed by atoms with E-state index in [1.807, 2.05) is 0 Å². The number of ketones is 1. The highest BCUT2D eigenvalue weighted by molar-refractivity contribution is 9.10. The van der Waals surface area contributed by atoms with Crippen molar-refractivity contribution < 1.29 is 14.5 Å². The lowest BCUT2D eigenvalue weighted by Crippen LogP contribution is -2.03. The molecule has 0 atom stereocenters. The molecule has 0 fully saturated rings. The lowest BCUT2D eigenvalue weighted by molar-refractivity contribution is -0.385. The molecule has 0 saturated carbocycles. The van der Waals surface area contributed by atoms with Gasteiger partial charge in [-0.25, -0.2) is 0 Å². The standard InChI is InChI=1S/C10H10BrNO4/c1-3-16-7-4-8(6(2)13)10(12(14)15)9(11)5-7/h4-5H,3H2,1-2H3. The largest absolute Gasteiger partial charge is 0.494 e. The average molecular weight is 288 g/mol. The Kier molecular flexibility index (Phi) is 4.00. The van der Waals surface area contributed by atoms with E-state index in [-0.39, 0.29) is 21.5 Å². The molecule has 0 aliphatic rings. The lowest BCUT2D eigenvalue weighted by Gasteiger charge is -2.06. The molecule has 1 aromatic carbocycles. The van der Waals surface area contributed by atoms with Gasteiger partial charge in [0.2, 0.25) is 0 Å². The van der Waals surface area contributed by atoms with Crippen molar-refractivity contribution in [1.82, 2.24) is 0 Å². The normalized spacial score (nSPS) is 9.94. The summed E-state index contributed by atoms with van der Waals surface area (Å²) < 4.78 is 5.45. The molecule has 0 heterocycles. The first-order valence-corrected chi connectivity index (χ1v) is 5.38. The van der Waals surface area contributed by atoms with Crippen LogP contribution >= 0.6 is 15.9 Å². The van der Waals surface area contributed by atoms with Gasteiger partial charge in [-0.2, -0.15) is 0 Å². The SMILES string of the molecule is CCOc1cc(Br)c([N+](=O)[O-])c(C(C)=O)c1. The summed E-state index contributed by atoms with van der Waals surface area (Å²) in [5.74, 6) is 0.0686. The predicted molar refractivity (Wildman–Crippen MR) is 62.0 cm³/mol. The van der Waals surface area contributed by atoms with Gasteiger partial charge in [0.15, 0.2) is 5.78 Å². The molecule has 0 radical (unpaired) electrons. The smallest absolute Gasteiger partial charge is 0.294 e. The Morgan fingerprint density at radius 2 is 2.19 bits per heavy atom. The molecule has 0 aromatic heterocycles. The number of Topliss-reactive ketones (excluding diaryl/α,β-unsaturated/α-hetero) is 1. The summed E-state index contributed by atoms with van der Waals surface area (Å²) >= 11 is 3.06. The fourth-order valence-electron chi connectivity index (χ4n) is 1.28. The molecule has 0 aliphatic heterocycles. The minimum Gasteiger partial charge on any atom is -0.494 e. The maximum atomic E-state index is 11.3. The fraction of sp³-hybridized carbons (Fsp3) is 0.300. The van der Waals surface area contributed by atoms with Crippen molar-refractivity contribution in [3.05, 3.63) is 32.3 Å². The summed E-state index contributed by atoms with van der Waals surface area (Å²) in [6.45, 7) is 3.51. The van der Waals surface area contributed by atoms with Crippen LogP contribution in [0.1, 0.15) is 24.2 Å². The second kappa shape index (κ2) is 5.07. The number of benzene rings is 1. The Labute approximate surface area is 101 Å². The van der Waals surface area contributed by atoms with Gasteiger partial charge in [0.1, 0.15) is 5.75 Å². The molecule has 0 saturated heterocycles. The molecule has 6 heteroatoms. The van der Waals surface area contributed by atoms with E-state index < -0.39 is 4.92 Å². The van der Waals surface area contributed by atoms with Gasteiger partial charge in [-0.15, -0.1) is 0 Å². The summed E-state index contributed by atoms with van der Waals surface area (Å²) in [7, 11) is 0. The van der Waals surface area contributed by atoms with Gasteiger partial charge in [-0.3, -0.25) is 14.9 Å². The second-order valence-corrected chi connectivity index (χ2v) is 3.90. The Morgan fingerprint density at radius 1 is 1.56 bits per heavy atom. The monoisotopic (exact) mass is 287 g/mol. The van der Waals surface area contributed by atoms with Crippen LogP contribution in [0.4, 0.5) is 5.69 Å². The third kappa shape index (κ3) is 2.57. The van der Waals surface area contributed by atoms with Crippen molar-refractivity contribution in [3.8, 4) is 5.75 Å². The Bertz CT molecular complexity index is 445. The van der Waals surface area contributed by atoms with Crippen LogP contribution in [-0.4, -0.2) is 17.3 Å². The lowest BCUT2D eigenvalue weighted by atomic mass is 10.1. The van der Waals surface area contributed by atoms with Gasteiger partial charge in [-0.1, -0.05) is 0 Å². The van der Waals surface area contributed by atoms with Crippen LogP contribution in [0.3, 0.4) is 0 Å². The third-order valence-electron chi connectivity index (χ3n) is 1.91. The highest BCUT2D eigenvalue weighted by atomic mass is 79.9. The number of nitro benzene ring substituents is 1. The molecule has 0 unspecified atom stereocenters. The highest BCUT2D eigenvalue weighted by Gasteiger charge is 2.22. The van der Waals surface area contributed by atoms with Gasteiger partial charge in [0.25, 0.3) is 5.69 Å². The third-order valence-corrected chi connectivity index (χ3v) is 2.51. The number of nitro groups is 1. The Hall–Kier alpha value is -1.43. The topological polar surface area (TPSA) is 69.4 Å². The minimum absolute atomic E-state index is 0.0443. The van der Waals surface area contributed by atoms with Crippen molar-refractivity contribution >= 4 is 27.4 Å². The molecule has 0 bridgehead atoms. The van der Waals surface area contributed by atoms with Crippen LogP contribution in [0.25, 0.3) is 0 Å². The van der Waals surface area contributed by atoms with E-state index in [2.05, 4.69) is 15.9 Å². The maximum absolute atomic E-state index is 11.3. The van der Waals surface area contributed by atoms with Crippen LogP contribution in [0.2, 0.25) is 0 Å². The number of carbonyl (C=O) groups excluding carboxylic acids is 1. The number of rotatable bonds is 4. The van der Waals surface area contributed by atoms with Crippen molar-refractivity contribution in [2.45, 2.75) is 13.8 Å². The van der Waals surface area contributed by atoms with Crippen LogP contribution in [0, 0.1) is 10.1 Å². The van der Waals surface area contributed by atoms with Crippen LogP contribution < -0.4 is 4.74 Å². The summed E-state index contributed by atoms with van der Waals surface area (Å²) in [4.78, 5) is 21.5. The van der Waals surface area contributed by atoms with E-state index in [1.165, 1.54) is 19.1 Å². The van der Waals surface area contributed by atoms with E-state index in [0.717, 1.165) is 0 Å². The number of halogens is 1. The minimum atomic E-state index is -0.587. The number of hydrogen-bond acceptors (Lipinski definition) is 4. The van der Waals surface area contributed by atoms with Crippen LogP contribution in [0.15, 0.2) is 16.6 Å². The van der Waals surface area contributed by atoms with E-state index >= 15 is 0 Å². The quantitative estimate of drug-likeness (QED) is 0.485. The zero-order chi connectivity index (χ0) is 12.3. The summed E-state index contributed by atoms with van der Waals surface area (Å²) in [5.41, 5.74) is -0.182. The number of nitrogens with zero attached hydrogens (tertiary/aromatic N) is 1. The molecule has 0 amide bonds. The maximum Gasteiger partial charge on any atom is 0.294 e. The fourth-order valence-corrected chi connectivity index (χ4v) is 1.86. The first-order valence-electron chi connectivity index (χ1n) is 4.59. The second-order valence-electron chi connectivity index (χ2n) is 3.05. The molecular formula is C10H10BrNO4. The Balaban J connectivity index is 3.39. The average Bonchev–Trinajstić information content (AvgIpc) is 2.16. The summed E-state index contributed by atoms with van der Waals surface area (Å²) in [6.07, 6.45) is 0. The molecule has 0 spiro atoms. The zero-order valence-electron chi connectivity index (χ0n) is 8.82.